The van der Waals surface area contributed by atoms with Crippen molar-refractivity contribution >= 4 is 23.2 Å². The SMILES string of the molecule is Oc1ccc(-c2nc(-c3ccc(Cl)cc3Cl)cn2Cc2ccc(-c3cccc(C(F)(F)F)c3)cc2)cc1. The highest BCUT2D eigenvalue weighted by molar-refractivity contribution is 6.36. The third-order valence-corrected chi connectivity index (χ3v) is 6.49. The molecule has 0 fully saturated rings. The standard InChI is InChI=1S/C29H19Cl2F3N2O/c30-23-10-13-25(26(31)15-23)27-17-36(28(35-27)20-8-11-24(37)12-9-20)16-18-4-6-19(7-5-18)21-2-1-3-22(14-21)29(32,33)34/h1-15,17,37H,16H2. The molecule has 186 valence electrons. The van der Waals surface area contributed by atoms with Crippen LogP contribution in [0.4, 0.5) is 13.2 Å². The Balaban J connectivity index is 1.49. The third kappa shape index (κ3) is 5.50. The fraction of sp³-hybridized carbons (Fsp3) is 0.0690. The zero-order valence-corrected chi connectivity index (χ0v) is 20.7. The number of imidazole rings is 1. The average Bonchev–Trinajstić information content (AvgIpc) is 3.28. The highest BCUT2D eigenvalue weighted by atomic mass is 35.5. The first-order chi connectivity index (χ1) is 17.7. The fourth-order valence-electron chi connectivity index (χ4n) is 4.08. The largest absolute Gasteiger partial charge is 0.508 e. The van der Waals surface area contributed by atoms with Gasteiger partial charge in [-0.1, -0.05) is 59.6 Å². The van der Waals surface area contributed by atoms with Crippen LogP contribution in [0.2, 0.25) is 10.0 Å². The summed E-state index contributed by atoms with van der Waals surface area (Å²) in [5.74, 6) is 0.816. The molecule has 1 N–H and O–H groups in total. The van der Waals surface area contributed by atoms with Crippen LogP contribution in [0, 0.1) is 0 Å². The number of benzene rings is 4. The van der Waals surface area contributed by atoms with Crippen LogP contribution in [-0.2, 0) is 12.7 Å². The van der Waals surface area contributed by atoms with Gasteiger partial charge in [0.25, 0.3) is 0 Å². The number of rotatable bonds is 5. The van der Waals surface area contributed by atoms with E-state index < -0.39 is 11.7 Å². The lowest BCUT2D eigenvalue weighted by atomic mass is 10.0. The summed E-state index contributed by atoms with van der Waals surface area (Å²) >= 11 is 12.5. The summed E-state index contributed by atoms with van der Waals surface area (Å²) in [4.78, 5) is 4.81. The topological polar surface area (TPSA) is 38.1 Å². The Labute approximate surface area is 221 Å². The lowest BCUT2D eigenvalue weighted by Crippen LogP contribution is -2.04. The van der Waals surface area contributed by atoms with Gasteiger partial charge in [0, 0.05) is 28.9 Å². The minimum atomic E-state index is -4.40. The Morgan fingerprint density at radius 3 is 2.16 bits per heavy atom. The van der Waals surface area contributed by atoms with E-state index in [0.717, 1.165) is 28.8 Å². The molecule has 0 aliphatic rings. The summed E-state index contributed by atoms with van der Waals surface area (Å²) in [5, 5.41) is 10.7. The highest BCUT2D eigenvalue weighted by Gasteiger charge is 2.30. The van der Waals surface area contributed by atoms with Crippen LogP contribution in [0.3, 0.4) is 0 Å². The molecule has 0 amide bonds. The monoisotopic (exact) mass is 538 g/mol. The molecule has 5 aromatic rings. The molecule has 5 rings (SSSR count). The van der Waals surface area contributed by atoms with Crippen molar-refractivity contribution < 1.29 is 18.3 Å². The molecule has 4 aromatic carbocycles. The summed E-state index contributed by atoms with van der Waals surface area (Å²) in [6.07, 6.45) is -2.51. The van der Waals surface area contributed by atoms with Gasteiger partial charge in [0.2, 0.25) is 0 Å². The van der Waals surface area contributed by atoms with E-state index in [2.05, 4.69) is 0 Å². The quantitative estimate of drug-likeness (QED) is 0.242. The molecule has 1 heterocycles. The molecule has 0 saturated carbocycles. The maximum Gasteiger partial charge on any atom is 0.416 e. The van der Waals surface area contributed by atoms with Gasteiger partial charge < -0.3 is 9.67 Å². The average molecular weight is 539 g/mol. The van der Waals surface area contributed by atoms with Crippen molar-refractivity contribution in [1.29, 1.82) is 0 Å². The molecule has 3 nitrogen and oxygen atoms in total. The van der Waals surface area contributed by atoms with Crippen LogP contribution in [0.5, 0.6) is 5.75 Å². The Kier molecular flexibility index (Phi) is 6.71. The lowest BCUT2D eigenvalue weighted by molar-refractivity contribution is -0.137. The van der Waals surface area contributed by atoms with Crippen molar-refractivity contribution in [2.45, 2.75) is 12.7 Å². The van der Waals surface area contributed by atoms with E-state index in [1.807, 2.05) is 29.0 Å². The van der Waals surface area contributed by atoms with E-state index in [9.17, 15) is 18.3 Å². The molecule has 37 heavy (non-hydrogen) atoms. The summed E-state index contributed by atoms with van der Waals surface area (Å²) in [6.45, 7) is 0.456. The van der Waals surface area contributed by atoms with Crippen LogP contribution in [0.15, 0.2) is 97.2 Å². The van der Waals surface area contributed by atoms with Gasteiger partial charge in [-0.3, -0.25) is 0 Å². The molecule has 1 aromatic heterocycles. The number of aromatic hydroxyl groups is 1. The predicted octanol–water partition coefficient (Wildman–Crippen LogP) is 8.96. The van der Waals surface area contributed by atoms with Crippen LogP contribution in [0.1, 0.15) is 11.1 Å². The first-order valence-electron chi connectivity index (χ1n) is 11.3. The third-order valence-electron chi connectivity index (χ3n) is 5.94. The van der Waals surface area contributed by atoms with Crippen molar-refractivity contribution in [3.05, 3.63) is 118 Å². The molecule has 0 spiro atoms. The molecular weight excluding hydrogens is 520 g/mol. The van der Waals surface area contributed by atoms with E-state index in [1.54, 1.807) is 54.6 Å². The van der Waals surface area contributed by atoms with E-state index in [1.165, 1.54) is 6.07 Å². The predicted molar refractivity (Wildman–Crippen MR) is 141 cm³/mol. The maximum atomic E-state index is 13.1. The summed E-state index contributed by atoms with van der Waals surface area (Å²) in [5.41, 5.74) is 3.62. The second-order valence-electron chi connectivity index (χ2n) is 8.52. The van der Waals surface area contributed by atoms with E-state index in [4.69, 9.17) is 28.2 Å². The van der Waals surface area contributed by atoms with Crippen molar-refractivity contribution in [3.63, 3.8) is 0 Å². The molecule has 0 aliphatic carbocycles. The zero-order valence-electron chi connectivity index (χ0n) is 19.2. The van der Waals surface area contributed by atoms with Crippen molar-refractivity contribution in [1.82, 2.24) is 9.55 Å². The number of hydrogen-bond donors (Lipinski definition) is 1. The smallest absolute Gasteiger partial charge is 0.416 e. The number of phenols is 1. The minimum Gasteiger partial charge on any atom is -0.508 e. The van der Waals surface area contributed by atoms with Gasteiger partial charge in [-0.05, 0) is 71.3 Å². The van der Waals surface area contributed by atoms with Crippen LogP contribution in [-0.4, -0.2) is 14.7 Å². The van der Waals surface area contributed by atoms with Gasteiger partial charge in [0.05, 0.1) is 16.3 Å². The molecular formula is C29H19Cl2F3N2O. The second-order valence-corrected chi connectivity index (χ2v) is 9.37. The first kappa shape index (κ1) is 24.9. The van der Waals surface area contributed by atoms with Crippen LogP contribution in [0.25, 0.3) is 33.8 Å². The van der Waals surface area contributed by atoms with Gasteiger partial charge >= 0.3 is 6.18 Å². The van der Waals surface area contributed by atoms with Crippen LogP contribution < -0.4 is 0 Å². The molecule has 0 aliphatic heterocycles. The number of aromatic nitrogens is 2. The van der Waals surface area contributed by atoms with Crippen LogP contribution >= 0.6 is 23.2 Å². The van der Waals surface area contributed by atoms with E-state index in [-0.39, 0.29) is 5.75 Å². The van der Waals surface area contributed by atoms with Crippen molar-refractivity contribution in [3.8, 4) is 39.5 Å². The molecule has 0 radical (unpaired) electrons. The minimum absolute atomic E-state index is 0.146. The van der Waals surface area contributed by atoms with Gasteiger partial charge in [-0.15, -0.1) is 0 Å². The Hall–Kier alpha value is -3.74. The molecule has 0 bridgehead atoms. The Morgan fingerprint density at radius 1 is 0.784 bits per heavy atom. The number of alkyl halides is 3. The number of phenolic OH excluding ortho intramolecular Hbond substituents is 1. The summed E-state index contributed by atoms with van der Waals surface area (Å²) in [6, 6.07) is 24.6. The zero-order chi connectivity index (χ0) is 26.2. The molecule has 0 atom stereocenters. The molecule has 8 heteroatoms. The second kappa shape index (κ2) is 9.96. The van der Waals surface area contributed by atoms with E-state index in [0.29, 0.717) is 39.2 Å². The van der Waals surface area contributed by atoms with E-state index >= 15 is 0 Å². The number of hydrogen-bond acceptors (Lipinski definition) is 2. The summed E-state index contributed by atoms with van der Waals surface area (Å²) in [7, 11) is 0. The molecule has 0 saturated heterocycles. The fourth-order valence-corrected chi connectivity index (χ4v) is 4.58. The van der Waals surface area contributed by atoms with Gasteiger partial charge in [-0.2, -0.15) is 13.2 Å². The Bertz CT molecular complexity index is 1560. The lowest BCUT2D eigenvalue weighted by Gasteiger charge is -2.11. The number of halogens is 5. The van der Waals surface area contributed by atoms with Gasteiger partial charge in [0.15, 0.2) is 0 Å². The highest BCUT2D eigenvalue weighted by Crippen LogP contribution is 2.34. The normalized spacial score (nSPS) is 11.6. The number of nitrogens with zero attached hydrogens (tertiary/aromatic N) is 2. The first-order valence-corrected chi connectivity index (χ1v) is 12.0. The van der Waals surface area contributed by atoms with Gasteiger partial charge in [0.1, 0.15) is 11.6 Å². The molecule has 0 unspecified atom stereocenters. The van der Waals surface area contributed by atoms with Crippen molar-refractivity contribution in [2.75, 3.05) is 0 Å². The van der Waals surface area contributed by atoms with Gasteiger partial charge in [-0.25, -0.2) is 4.98 Å². The Morgan fingerprint density at radius 2 is 1.49 bits per heavy atom. The summed E-state index contributed by atoms with van der Waals surface area (Å²) < 4.78 is 41.3. The maximum absolute atomic E-state index is 13.1. The van der Waals surface area contributed by atoms with Crippen molar-refractivity contribution in [2.24, 2.45) is 0 Å².